The van der Waals surface area contributed by atoms with Crippen molar-refractivity contribution in [1.82, 2.24) is 0 Å². The third-order valence-corrected chi connectivity index (χ3v) is 1.82. The third-order valence-electron chi connectivity index (χ3n) is 1.82. The summed E-state index contributed by atoms with van der Waals surface area (Å²) in [5.41, 5.74) is 2.68. The molecule has 0 aromatic rings. The topological polar surface area (TPSA) is 0 Å². The Morgan fingerprint density at radius 2 is 2.00 bits per heavy atom. The van der Waals surface area contributed by atoms with Gasteiger partial charge in [0.05, 0.1) is 0 Å². The van der Waals surface area contributed by atoms with Gasteiger partial charge < -0.3 is 0 Å². The minimum Gasteiger partial charge on any atom is -0.103 e. The fourth-order valence-electron chi connectivity index (χ4n) is 1.10. The number of rotatable bonds is 5. The Balaban J connectivity index is 4.64. The molecule has 0 fully saturated rings. The first kappa shape index (κ1) is 12.0. The second kappa shape index (κ2) is 7.60. The van der Waals surface area contributed by atoms with Crippen molar-refractivity contribution in [3.8, 4) is 0 Å². The van der Waals surface area contributed by atoms with Gasteiger partial charge in [-0.3, -0.25) is 0 Å². The molecule has 0 N–H and O–H groups in total. The standard InChI is InChI=1S/C13H20/c1-5-8-11-13(10-7-3)12(4)9-6-2/h6-8,10-11H,2,5,9H2,1,3-4H3. The maximum atomic E-state index is 3.74. The van der Waals surface area contributed by atoms with Gasteiger partial charge in [-0.15, -0.1) is 6.58 Å². The lowest BCUT2D eigenvalue weighted by molar-refractivity contribution is 1.17. The SMILES string of the molecule is C=CCC(C)=C(C=CC)C=CCC. The summed E-state index contributed by atoms with van der Waals surface area (Å²) in [4.78, 5) is 0. The van der Waals surface area contributed by atoms with Gasteiger partial charge in [-0.1, -0.05) is 42.9 Å². The average Bonchev–Trinajstić information content (AvgIpc) is 2.12. The second-order valence-corrected chi connectivity index (χ2v) is 3.04. The number of allylic oxidation sites excluding steroid dienone is 7. The van der Waals surface area contributed by atoms with E-state index in [4.69, 9.17) is 0 Å². The van der Waals surface area contributed by atoms with E-state index in [0.29, 0.717) is 0 Å². The summed E-state index contributed by atoms with van der Waals surface area (Å²) in [7, 11) is 0. The molecule has 0 radical (unpaired) electrons. The van der Waals surface area contributed by atoms with Crippen LogP contribution < -0.4 is 0 Å². The quantitative estimate of drug-likeness (QED) is 0.429. The molecule has 0 spiro atoms. The Bertz CT molecular complexity index is 226. The van der Waals surface area contributed by atoms with Crippen LogP contribution in [0, 0.1) is 0 Å². The molecule has 0 heteroatoms. The molecule has 0 aliphatic heterocycles. The largest absolute Gasteiger partial charge is 0.103 e. The molecule has 0 aliphatic rings. The minimum absolute atomic E-state index is 0.966. The van der Waals surface area contributed by atoms with E-state index in [1.807, 2.05) is 13.0 Å². The molecule has 0 bridgehead atoms. The summed E-state index contributed by atoms with van der Waals surface area (Å²) >= 11 is 0. The highest BCUT2D eigenvalue weighted by Gasteiger charge is 1.92. The Morgan fingerprint density at radius 1 is 1.31 bits per heavy atom. The van der Waals surface area contributed by atoms with Crippen molar-refractivity contribution in [3.05, 3.63) is 48.1 Å². The van der Waals surface area contributed by atoms with Crippen molar-refractivity contribution in [2.75, 3.05) is 0 Å². The van der Waals surface area contributed by atoms with Crippen LogP contribution in [-0.4, -0.2) is 0 Å². The summed E-state index contributed by atoms with van der Waals surface area (Å²) in [5.74, 6) is 0. The van der Waals surface area contributed by atoms with Crippen LogP contribution in [0.3, 0.4) is 0 Å². The maximum absolute atomic E-state index is 3.74. The van der Waals surface area contributed by atoms with Crippen LogP contribution in [0.1, 0.15) is 33.6 Å². The van der Waals surface area contributed by atoms with Gasteiger partial charge in [0.2, 0.25) is 0 Å². The molecule has 0 aromatic carbocycles. The second-order valence-electron chi connectivity index (χ2n) is 3.04. The molecular formula is C13H20. The van der Waals surface area contributed by atoms with E-state index in [2.05, 4.69) is 44.7 Å². The molecule has 0 saturated heterocycles. The molecule has 0 saturated carbocycles. The fourth-order valence-corrected chi connectivity index (χ4v) is 1.10. The van der Waals surface area contributed by atoms with Gasteiger partial charge >= 0.3 is 0 Å². The molecule has 0 aliphatic carbocycles. The lowest BCUT2D eigenvalue weighted by atomic mass is 10.1. The summed E-state index contributed by atoms with van der Waals surface area (Å²) in [6.45, 7) is 10.1. The summed E-state index contributed by atoms with van der Waals surface area (Å²) in [6, 6.07) is 0. The molecule has 13 heavy (non-hydrogen) atoms. The Hall–Kier alpha value is -1.04. The van der Waals surface area contributed by atoms with E-state index in [9.17, 15) is 0 Å². The molecule has 0 amide bonds. The van der Waals surface area contributed by atoms with Gasteiger partial charge in [-0.2, -0.15) is 0 Å². The zero-order valence-corrected chi connectivity index (χ0v) is 9.01. The molecule has 0 atom stereocenters. The number of hydrogen-bond acceptors (Lipinski definition) is 0. The molecule has 0 nitrogen and oxygen atoms in total. The zero-order chi connectivity index (χ0) is 10.1. The molecule has 72 valence electrons. The van der Waals surface area contributed by atoms with E-state index >= 15 is 0 Å². The van der Waals surface area contributed by atoms with Crippen LogP contribution >= 0.6 is 0 Å². The van der Waals surface area contributed by atoms with Crippen LogP contribution in [0.15, 0.2) is 48.1 Å². The lowest BCUT2D eigenvalue weighted by Crippen LogP contribution is -1.80. The van der Waals surface area contributed by atoms with Crippen molar-refractivity contribution in [2.24, 2.45) is 0 Å². The van der Waals surface area contributed by atoms with E-state index in [-0.39, 0.29) is 0 Å². The summed E-state index contributed by atoms with van der Waals surface area (Å²) in [6.07, 6.45) is 12.6. The van der Waals surface area contributed by atoms with Gasteiger partial charge in [0, 0.05) is 0 Å². The van der Waals surface area contributed by atoms with Gasteiger partial charge in [0.25, 0.3) is 0 Å². The highest BCUT2D eigenvalue weighted by molar-refractivity contribution is 5.35. The molecular weight excluding hydrogens is 156 g/mol. The lowest BCUT2D eigenvalue weighted by Gasteiger charge is -2.00. The van der Waals surface area contributed by atoms with Crippen molar-refractivity contribution in [3.63, 3.8) is 0 Å². The highest BCUT2D eigenvalue weighted by atomic mass is 14.0. The predicted molar refractivity (Wildman–Crippen MR) is 61.8 cm³/mol. The third kappa shape index (κ3) is 5.24. The van der Waals surface area contributed by atoms with Crippen LogP contribution in [0.4, 0.5) is 0 Å². The predicted octanol–water partition coefficient (Wildman–Crippen LogP) is 4.42. The highest BCUT2D eigenvalue weighted by Crippen LogP contribution is 2.12. The van der Waals surface area contributed by atoms with Crippen LogP contribution in [-0.2, 0) is 0 Å². The molecule has 0 heterocycles. The number of hydrogen-bond donors (Lipinski definition) is 0. The average molecular weight is 176 g/mol. The van der Waals surface area contributed by atoms with Gasteiger partial charge in [0.1, 0.15) is 0 Å². The first-order valence-electron chi connectivity index (χ1n) is 4.86. The maximum Gasteiger partial charge on any atom is -0.0135 e. The fraction of sp³-hybridized carbons (Fsp3) is 0.385. The zero-order valence-electron chi connectivity index (χ0n) is 9.01. The first-order chi connectivity index (χ1) is 6.26. The van der Waals surface area contributed by atoms with E-state index < -0.39 is 0 Å². The Kier molecular flexibility index (Phi) is 6.99. The summed E-state index contributed by atoms with van der Waals surface area (Å²) < 4.78 is 0. The van der Waals surface area contributed by atoms with Gasteiger partial charge in [0.15, 0.2) is 0 Å². The van der Waals surface area contributed by atoms with Crippen LogP contribution in [0.5, 0.6) is 0 Å². The Labute approximate surface area is 82.4 Å². The van der Waals surface area contributed by atoms with E-state index in [1.54, 1.807) is 0 Å². The molecule has 0 rings (SSSR count). The van der Waals surface area contributed by atoms with Gasteiger partial charge in [-0.05, 0) is 32.3 Å². The van der Waals surface area contributed by atoms with Crippen molar-refractivity contribution in [2.45, 2.75) is 33.6 Å². The molecule has 0 unspecified atom stereocenters. The normalized spacial score (nSPS) is 13.8. The van der Waals surface area contributed by atoms with Crippen molar-refractivity contribution < 1.29 is 0 Å². The first-order valence-corrected chi connectivity index (χ1v) is 4.86. The smallest absolute Gasteiger partial charge is 0.0135 e. The Morgan fingerprint density at radius 3 is 2.46 bits per heavy atom. The van der Waals surface area contributed by atoms with Gasteiger partial charge in [-0.25, -0.2) is 0 Å². The van der Waals surface area contributed by atoms with Crippen molar-refractivity contribution >= 4 is 0 Å². The molecule has 0 aromatic heterocycles. The summed E-state index contributed by atoms with van der Waals surface area (Å²) in [5, 5.41) is 0. The van der Waals surface area contributed by atoms with E-state index in [1.165, 1.54) is 11.1 Å². The minimum atomic E-state index is 0.966. The monoisotopic (exact) mass is 176 g/mol. The van der Waals surface area contributed by atoms with Crippen molar-refractivity contribution in [1.29, 1.82) is 0 Å². The van der Waals surface area contributed by atoms with Crippen LogP contribution in [0.25, 0.3) is 0 Å². The van der Waals surface area contributed by atoms with Crippen LogP contribution in [0.2, 0.25) is 0 Å². The van der Waals surface area contributed by atoms with E-state index in [0.717, 1.165) is 12.8 Å².